The second-order valence-electron chi connectivity index (χ2n) is 6.92. The summed E-state index contributed by atoms with van der Waals surface area (Å²) in [6.45, 7) is 9.39. The Balaban J connectivity index is 1.36. The third kappa shape index (κ3) is 4.95. The van der Waals surface area contributed by atoms with Crippen LogP contribution in [0.3, 0.4) is 0 Å². The molecule has 0 spiro atoms. The van der Waals surface area contributed by atoms with Crippen LogP contribution in [0.2, 0.25) is 0 Å². The Hall–Kier alpha value is -1.60. The third-order valence-electron chi connectivity index (χ3n) is 4.91. The Morgan fingerprint density at radius 3 is 2.71 bits per heavy atom. The number of nitrogens with one attached hydrogen (secondary N) is 1. The number of nitrogens with zero attached hydrogens (tertiary/aromatic N) is 4. The summed E-state index contributed by atoms with van der Waals surface area (Å²) in [7, 11) is 0. The van der Waals surface area contributed by atoms with Gasteiger partial charge in [0.25, 0.3) is 0 Å². The van der Waals surface area contributed by atoms with Gasteiger partial charge in [0.1, 0.15) is 0 Å². The molecule has 2 amide bonds. The van der Waals surface area contributed by atoms with Crippen molar-refractivity contribution >= 4 is 6.03 Å². The molecule has 3 rings (SSSR count). The summed E-state index contributed by atoms with van der Waals surface area (Å²) in [6, 6.07) is 2.02. The van der Waals surface area contributed by atoms with Gasteiger partial charge in [0.15, 0.2) is 0 Å². The molecule has 2 aliphatic rings. The van der Waals surface area contributed by atoms with Gasteiger partial charge in [-0.25, -0.2) is 4.79 Å². The monoisotopic (exact) mass is 335 g/mol. The molecule has 2 fully saturated rings. The zero-order valence-electron chi connectivity index (χ0n) is 14.6. The smallest absolute Gasteiger partial charge is 0.317 e. The quantitative estimate of drug-likeness (QED) is 0.873. The molecule has 2 aliphatic heterocycles. The van der Waals surface area contributed by atoms with Gasteiger partial charge in [-0.15, -0.1) is 0 Å². The fraction of sp³-hybridized carbons (Fsp3) is 0.765. The number of rotatable bonds is 5. The van der Waals surface area contributed by atoms with Gasteiger partial charge in [-0.3, -0.25) is 9.58 Å². The van der Waals surface area contributed by atoms with Crippen LogP contribution >= 0.6 is 0 Å². The Morgan fingerprint density at radius 2 is 2.04 bits per heavy atom. The van der Waals surface area contributed by atoms with E-state index in [2.05, 4.69) is 15.3 Å². The minimum atomic E-state index is 0.0551. The number of aromatic nitrogens is 2. The van der Waals surface area contributed by atoms with Gasteiger partial charge in [-0.2, -0.15) is 5.10 Å². The Labute approximate surface area is 143 Å². The van der Waals surface area contributed by atoms with Crippen LogP contribution in [0.15, 0.2) is 18.5 Å². The lowest BCUT2D eigenvalue weighted by Gasteiger charge is -2.36. The largest absolute Gasteiger partial charge is 0.379 e. The van der Waals surface area contributed by atoms with Crippen molar-refractivity contribution in [3.63, 3.8) is 0 Å². The molecule has 0 aromatic carbocycles. The molecule has 1 aromatic rings. The average molecular weight is 335 g/mol. The third-order valence-corrected chi connectivity index (χ3v) is 4.91. The van der Waals surface area contributed by atoms with Crippen molar-refractivity contribution in [2.45, 2.75) is 32.4 Å². The standard InChI is InChI=1S/C17H29N5O2/c1-15(13-22-6-2-5-18-22)19-17(23)21-7-3-16(4-8-21)14-20-9-11-24-12-10-20/h2,5-6,15-16H,3-4,7-14H2,1H3,(H,19,23). The summed E-state index contributed by atoms with van der Waals surface area (Å²) in [5.41, 5.74) is 0. The van der Waals surface area contributed by atoms with Gasteiger partial charge in [0.2, 0.25) is 0 Å². The summed E-state index contributed by atoms with van der Waals surface area (Å²) < 4.78 is 7.25. The highest BCUT2D eigenvalue weighted by molar-refractivity contribution is 5.74. The number of morpholine rings is 1. The first kappa shape index (κ1) is 17.2. The first-order valence-corrected chi connectivity index (χ1v) is 9.03. The lowest BCUT2D eigenvalue weighted by Crippen LogP contribution is -2.49. The topological polar surface area (TPSA) is 62.6 Å². The summed E-state index contributed by atoms with van der Waals surface area (Å²) in [6.07, 6.45) is 5.87. The molecule has 0 radical (unpaired) electrons. The molecule has 1 N–H and O–H groups in total. The lowest BCUT2D eigenvalue weighted by molar-refractivity contribution is 0.0258. The number of ether oxygens (including phenoxy) is 1. The molecule has 7 heteroatoms. The molecule has 7 nitrogen and oxygen atoms in total. The van der Waals surface area contributed by atoms with E-state index in [0.29, 0.717) is 12.5 Å². The molecule has 1 aromatic heterocycles. The first-order chi connectivity index (χ1) is 11.7. The van der Waals surface area contributed by atoms with Crippen LogP contribution in [-0.2, 0) is 11.3 Å². The summed E-state index contributed by atoms with van der Waals surface area (Å²) in [5, 5.41) is 7.26. The Bertz CT molecular complexity index is 493. The second-order valence-corrected chi connectivity index (χ2v) is 6.92. The van der Waals surface area contributed by atoms with E-state index < -0.39 is 0 Å². The molecule has 3 heterocycles. The number of urea groups is 1. The normalized spacial score (nSPS) is 21.6. The van der Waals surface area contributed by atoms with Crippen LogP contribution in [0.25, 0.3) is 0 Å². The number of carbonyl (C=O) groups is 1. The van der Waals surface area contributed by atoms with Crippen molar-refractivity contribution in [1.82, 2.24) is 24.9 Å². The van der Waals surface area contributed by atoms with Crippen LogP contribution in [-0.4, -0.2) is 77.6 Å². The number of amides is 2. The Morgan fingerprint density at radius 1 is 1.29 bits per heavy atom. The average Bonchev–Trinajstić information content (AvgIpc) is 3.09. The van der Waals surface area contributed by atoms with E-state index in [1.165, 1.54) is 0 Å². The first-order valence-electron chi connectivity index (χ1n) is 9.03. The van der Waals surface area contributed by atoms with Crippen LogP contribution in [0, 0.1) is 5.92 Å². The van der Waals surface area contributed by atoms with Crippen molar-refractivity contribution in [3.8, 4) is 0 Å². The number of hydrogen-bond donors (Lipinski definition) is 1. The van der Waals surface area contributed by atoms with Crippen LogP contribution < -0.4 is 5.32 Å². The SMILES string of the molecule is CC(Cn1cccn1)NC(=O)N1CCC(CN2CCOCC2)CC1. The summed E-state index contributed by atoms with van der Waals surface area (Å²) in [5.74, 6) is 0.702. The minimum absolute atomic E-state index is 0.0551. The predicted octanol–water partition coefficient (Wildman–Crippen LogP) is 1.03. The molecular weight excluding hydrogens is 306 g/mol. The van der Waals surface area contributed by atoms with E-state index in [4.69, 9.17) is 4.74 Å². The molecule has 1 atom stereocenters. The van der Waals surface area contributed by atoms with Gasteiger partial charge in [-0.05, 0) is 31.7 Å². The maximum atomic E-state index is 12.4. The number of hydrogen-bond acceptors (Lipinski definition) is 4. The van der Waals surface area contributed by atoms with Crippen LogP contribution in [0.1, 0.15) is 19.8 Å². The molecule has 24 heavy (non-hydrogen) atoms. The summed E-state index contributed by atoms with van der Waals surface area (Å²) >= 11 is 0. The van der Waals surface area contributed by atoms with Crippen molar-refractivity contribution in [1.29, 1.82) is 0 Å². The zero-order valence-corrected chi connectivity index (χ0v) is 14.6. The molecule has 0 saturated carbocycles. The number of piperidine rings is 1. The van der Waals surface area contributed by atoms with E-state index in [1.807, 2.05) is 28.8 Å². The summed E-state index contributed by atoms with van der Waals surface area (Å²) in [4.78, 5) is 16.8. The van der Waals surface area contributed by atoms with Gasteiger partial charge < -0.3 is 15.0 Å². The van der Waals surface area contributed by atoms with Gasteiger partial charge in [0, 0.05) is 51.2 Å². The van der Waals surface area contributed by atoms with Gasteiger partial charge in [0.05, 0.1) is 19.8 Å². The highest BCUT2D eigenvalue weighted by atomic mass is 16.5. The molecule has 1 unspecified atom stereocenters. The van der Waals surface area contributed by atoms with E-state index in [9.17, 15) is 4.79 Å². The van der Waals surface area contributed by atoms with Crippen molar-refractivity contribution in [2.24, 2.45) is 5.92 Å². The highest BCUT2D eigenvalue weighted by Gasteiger charge is 2.25. The van der Waals surface area contributed by atoms with E-state index in [0.717, 1.165) is 58.8 Å². The van der Waals surface area contributed by atoms with E-state index in [-0.39, 0.29) is 12.1 Å². The molecule has 0 aliphatic carbocycles. The maximum Gasteiger partial charge on any atom is 0.317 e. The predicted molar refractivity (Wildman–Crippen MR) is 91.8 cm³/mol. The van der Waals surface area contributed by atoms with Crippen molar-refractivity contribution < 1.29 is 9.53 Å². The zero-order chi connectivity index (χ0) is 16.8. The fourth-order valence-electron chi connectivity index (χ4n) is 3.50. The van der Waals surface area contributed by atoms with Crippen LogP contribution in [0.4, 0.5) is 4.79 Å². The molecule has 0 bridgehead atoms. The number of carbonyl (C=O) groups excluding carboxylic acids is 1. The second kappa shape index (κ2) is 8.48. The minimum Gasteiger partial charge on any atom is -0.379 e. The molecule has 2 saturated heterocycles. The Kier molecular flexibility index (Phi) is 6.09. The maximum absolute atomic E-state index is 12.4. The fourth-order valence-corrected chi connectivity index (χ4v) is 3.50. The molecule has 134 valence electrons. The van der Waals surface area contributed by atoms with Gasteiger partial charge >= 0.3 is 6.03 Å². The van der Waals surface area contributed by atoms with E-state index in [1.54, 1.807) is 6.20 Å². The van der Waals surface area contributed by atoms with Crippen molar-refractivity contribution in [2.75, 3.05) is 45.9 Å². The number of likely N-dealkylation sites (tertiary alicyclic amines) is 1. The lowest BCUT2D eigenvalue weighted by atomic mass is 9.96. The van der Waals surface area contributed by atoms with E-state index >= 15 is 0 Å². The van der Waals surface area contributed by atoms with Crippen LogP contribution in [0.5, 0.6) is 0 Å². The van der Waals surface area contributed by atoms with Crippen molar-refractivity contribution in [3.05, 3.63) is 18.5 Å². The molecular formula is C17H29N5O2. The highest BCUT2D eigenvalue weighted by Crippen LogP contribution is 2.19. The van der Waals surface area contributed by atoms with Gasteiger partial charge in [-0.1, -0.05) is 0 Å².